The van der Waals surface area contributed by atoms with Gasteiger partial charge in [0.15, 0.2) is 5.96 Å². The van der Waals surface area contributed by atoms with Gasteiger partial charge in [-0.3, -0.25) is 14.5 Å². The number of aromatic nitrogens is 2. The van der Waals surface area contributed by atoms with Crippen molar-refractivity contribution < 1.29 is 4.79 Å². The number of hydrogen-bond acceptors (Lipinski definition) is 4. The molecule has 2 heterocycles. The fourth-order valence-corrected chi connectivity index (χ4v) is 3.70. The first-order valence-corrected chi connectivity index (χ1v) is 11.2. The number of carbonyl (C=O) groups excluding carboxylic acids is 1. The molecule has 0 spiro atoms. The van der Waals surface area contributed by atoms with Crippen molar-refractivity contribution in [1.82, 2.24) is 25.3 Å². The SMILES string of the molecule is CN=C(NCCCN1CCC(C)CC1)NCc1cccc(NC(=O)Cn2cccn2)c1.I. The highest BCUT2D eigenvalue weighted by Gasteiger charge is 2.14. The molecule has 1 aliphatic heterocycles. The average molecular weight is 553 g/mol. The molecule has 1 fully saturated rings. The van der Waals surface area contributed by atoms with Crippen molar-refractivity contribution in [3.05, 3.63) is 48.3 Å². The largest absolute Gasteiger partial charge is 0.356 e. The fourth-order valence-electron chi connectivity index (χ4n) is 3.70. The Balaban J connectivity index is 0.00000363. The number of likely N-dealkylation sites (tertiary alicyclic amines) is 1. The van der Waals surface area contributed by atoms with Gasteiger partial charge in [0.05, 0.1) is 0 Å². The second kappa shape index (κ2) is 14.1. The average Bonchev–Trinajstić information content (AvgIpc) is 3.27. The van der Waals surface area contributed by atoms with Crippen molar-refractivity contribution in [2.75, 3.05) is 38.5 Å². The topological polar surface area (TPSA) is 86.6 Å². The lowest BCUT2D eigenvalue weighted by molar-refractivity contribution is -0.116. The molecule has 1 aromatic heterocycles. The van der Waals surface area contributed by atoms with E-state index in [0.717, 1.165) is 42.6 Å². The maximum absolute atomic E-state index is 12.2. The summed E-state index contributed by atoms with van der Waals surface area (Å²) in [4.78, 5) is 19.0. The number of piperidine rings is 1. The normalized spacial score (nSPS) is 15.1. The summed E-state index contributed by atoms with van der Waals surface area (Å²) in [6.45, 7) is 7.66. The summed E-state index contributed by atoms with van der Waals surface area (Å²) in [6.07, 6.45) is 7.17. The molecular weight excluding hydrogens is 517 g/mol. The van der Waals surface area contributed by atoms with E-state index in [-0.39, 0.29) is 36.4 Å². The minimum absolute atomic E-state index is 0. The molecular formula is C23H36IN7O. The number of amides is 1. The Morgan fingerprint density at radius 1 is 1.22 bits per heavy atom. The summed E-state index contributed by atoms with van der Waals surface area (Å²) in [5, 5.41) is 13.7. The van der Waals surface area contributed by atoms with Crippen LogP contribution in [0, 0.1) is 5.92 Å². The van der Waals surface area contributed by atoms with Gasteiger partial charge in [0, 0.05) is 38.2 Å². The lowest BCUT2D eigenvalue weighted by Gasteiger charge is -2.30. The van der Waals surface area contributed by atoms with Crippen molar-refractivity contribution >= 4 is 41.5 Å². The summed E-state index contributed by atoms with van der Waals surface area (Å²) in [6, 6.07) is 9.63. The number of halogens is 1. The Morgan fingerprint density at radius 2 is 2.03 bits per heavy atom. The van der Waals surface area contributed by atoms with Gasteiger partial charge in [0.25, 0.3) is 0 Å². The van der Waals surface area contributed by atoms with Gasteiger partial charge in [0.2, 0.25) is 5.91 Å². The maximum Gasteiger partial charge on any atom is 0.246 e. The first-order valence-electron chi connectivity index (χ1n) is 11.2. The van der Waals surface area contributed by atoms with E-state index in [1.165, 1.54) is 25.9 Å². The molecule has 0 bridgehead atoms. The van der Waals surface area contributed by atoms with Gasteiger partial charge >= 0.3 is 0 Å². The molecule has 0 atom stereocenters. The lowest BCUT2D eigenvalue weighted by atomic mass is 9.99. The highest BCUT2D eigenvalue weighted by atomic mass is 127. The number of guanidine groups is 1. The lowest BCUT2D eigenvalue weighted by Crippen LogP contribution is -2.39. The van der Waals surface area contributed by atoms with Gasteiger partial charge in [-0.2, -0.15) is 5.10 Å². The number of aliphatic imine (C=N–C) groups is 1. The third-order valence-electron chi connectivity index (χ3n) is 5.58. The van der Waals surface area contributed by atoms with E-state index in [1.807, 2.05) is 24.3 Å². The van der Waals surface area contributed by atoms with Crippen LogP contribution in [-0.2, 0) is 17.9 Å². The molecule has 32 heavy (non-hydrogen) atoms. The molecule has 3 rings (SSSR count). The third-order valence-corrected chi connectivity index (χ3v) is 5.58. The van der Waals surface area contributed by atoms with Crippen LogP contribution < -0.4 is 16.0 Å². The molecule has 0 aliphatic carbocycles. The number of nitrogens with one attached hydrogen (secondary N) is 3. The second-order valence-corrected chi connectivity index (χ2v) is 8.18. The molecule has 0 unspecified atom stereocenters. The number of rotatable bonds is 9. The second-order valence-electron chi connectivity index (χ2n) is 8.18. The summed E-state index contributed by atoms with van der Waals surface area (Å²) < 4.78 is 1.60. The zero-order chi connectivity index (χ0) is 21.9. The van der Waals surface area contributed by atoms with Crippen LogP contribution in [0.2, 0.25) is 0 Å². The van der Waals surface area contributed by atoms with E-state index >= 15 is 0 Å². The van der Waals surface area contributed by atoms with Crippen LogP contribution in [0.4, 0.5) is 5.69 Å². The molecule has 8 nitrogen and oxygen atoms in total. The van der Waals surface area contributed by atoms with Crippen LogP contribution in [0.15, 0.2) is 47.7 Å². The fraction of sp³-hybridized carbons (Fsp3) is 0.522. The van der Waals surface area contributed by atoms with Crippen molar-refractivity contribution in [1.29, 1.82) is 0 Å². The highest BCUT2D eigenvalue weighted by molar-refractivity contribution is 14.0. The number of nitrogens with zero attached hydrogens (tertiary/aromatic N) is 4. The van der Waals surface area contributed by atoms with E-state index in [0.29, 0.717) is 6.54 Å². The van der Waals surface area contributed by atoms with E-state index < -0.39 is 0 Å². The Labute approximate surface area is 208 Å². The molecule has 0 radical (unpaired) electrons. The van der Waals surface area contributed by atoms with Crippen molar-refractivity contribution in [3.63, 3.8) is 0 Å². The minimum Gasteiger partial charge on any atom is -0.356 e. The number of anilines is 1. The third kappa shape index (κ3) is 9.15. The summed E-state index contributed by atoms with van der Waals surface area (Å²) in [7, 11) is 1.79. The molecule has 0 saturated carbocycles. The van der Waals surface area contributed by atoms with Crippen LogP contribution >= 0.6 is 24.0 Å². The van der Waals surface area contributed by atoms with Gasteiger partial charge in [0.1, 0.15) is 6.54 Å². The Kier molecular flexibility index (Phi) is 11.5. The van der Waals surface area contributed by atoms with Gasteiger partial charge in [-0.05, 0) is 68.6 Å². The van der Waals surface area contributed by atoms with Gasteiger partial charge < -0.3 is 20.9 Å². The molecule has 1 amide bonds. The van der Waals surface area contributed by atoms with Gasteiger partial charge in [-0.1, -0.05) is 19.1 Å². The van der Waals surface area contributed by atoms with E-state index in [1.54, 1.807) is 30.2 Å². The molecule has 1 aromatic carbocycles. The quantitative estimate of drug-likeness (QED) is 0.193. The predicted octanol–water partition coefficient (Wildman–Crippen LogP) is 2.93. The molecule has 9 heteroatoms. The number of carbonyl (C=O) groups is 1. The van der Waals surface area contributed by atoms with Crippen LogP contribution in [-0.4, -0.2) is 59.8 Å². The summed E-state index contributed by atoms with van der Waals surface area (Å²) in [5.41, 5.74) is 1.84. The molecule has 3 N–H and O–H groups in total. The van der Waals surface area contributed by atoms with Crippen molar-refractivity contribution in [3.8, 4) is 0 Å². The Bertz CT molecular complexity index is 833. The predicted molar refractivity (Wildman–Crippen MR) is 140 cm³/mol. The number of benzene rings is 1. The highest BCUT2D eigenvalue weighted by Crippen LogP contribution is 2.15. The van der Waals surface area contributed by atoms with E-state index in [9.17, 15) is 4.79 Å². The van der Waals surface area contributed by atoms with Gasteiger partial charge in [-0.25, -0.2) is 0 Å². The first-order chi connectivity index (χ1) is 15.1. The summed E-state index contributed by atoms with van der Waals surface area (Å²) >= 11 is 0. The van der Waals surface area contributed by atoms with E-state index in [4.69, 9.17) is 0 Å². The smallest absolute Gasteiger partial charge is 0.246 e. The zero-order valence-corrected chi connectivity index (χ0v) is 21.4. The molecule has 1 saturated heterocycles. The van der Waals surface area contributed by atoms with Crippen LogP contribution in [0.5, 0.6) is 0 Å². The number of hydrogen-bond donors (Lipinski definition) is 3. The Morgan fingerprint density at radius 3 is 2.75 bits per heavy atom. The standard InChI is InChI=1S/C23H35N7O.HI/c1-19-8-14-29(15-9-19)12-4-10-25-23(24-2)26-17-20-6-3-7-21(16-20)28-22(31)18-30-13-5-11-27-30;/h3,5-7,11,13,16,19H,4,8-10,12,14-15,17-18H2,1-2H3,(H,28,31)(H2,24,25,26);1H. The maximum atomic E-state index is 12.2. The molecule has 2 aromatic rings. The monoisotopic (exact) mass is 553 g/mol. The van der Waals surface area contributed by atoms with Crippen molar-refractivity contribution in [2.24, 2.45) is 10.9 Å². The van der Waals surface area contributed by atoms with Crippen LogP contribution in [0.25, 0.3) is 0 Å². The summed E-state index contributed by atoms with van der Waals surface area (Å²) in [5.74, 6) is 1.57. The molecule has 176 valence electrons. The zero-order valence-electron chi connectivity index (χ0n) is 19.1. The molecule has 1 aliphatic rings. The first kappa shape index (κ1) is 26.1. The van der Waals surface area contributed by atoms with Gasteiger partial charge in [-0.15, -0.1) is 24.0 Å². The van der Waals surface area contributed by atoms with Crippen LogP contribution in [0.3, 0.4) is 0 Å². The van der Waals surface area contributed by atoms with E-state index in [2.05, 4.69) is 37.9 Å². The van der Waals surface area contributed by atoms with Crippen molar-refractivity contribution in [2.45, 2.75) is 39.3 Å². The van der Waals surface area contributed by atoms with Crippen LogP contribution in [0.1, 0.15) is 31.7 Å². The Hall–Kier alpha value is -2.14. The minimum atomic E-state index is -0.102.